The Morgan fingerprint density at radius 3 is 2.61 bits per heavy atom. The molecular formula is C25H24ClFN2O4. The van der Waals surface area contributed by atoms with Crippen LogP contribution in [0.25, 0.3) is 0 Å². The summed E-state index contributed by atoms with van der Waals surface area (Å²) in [6.45, 7) is 7.45. The molecule has 0 aliphatic carbocycles. The van der Waals surface area contributed by atoms with Crippen LogP contribution in [0.5, 0.6) is 5.75 Å². The molecular weight excluding hydrogens is 447 g/mol. The van der Waals surface area contributed by atoms with E-state index in [2.05, 4.69) is 6.07 Å². The summed E-state index contributed by atoms with van der Waals surface area (Å²) in [7, 11) is 0. The summed E-state index contributed by atoms with van der Waals surface area (Å²) in [5.74, 6) is -1.21. The largest absolute Gasteiger partial charge is 0.487 e. The Morgan fingerprint density at radius 1 is 1.24 bits per heavy atom. The standard InChI is InChI=1S/C25H24ClFN2O4/c1-5-31-25(30)22-15(4)33-24(29)19(11-28)23(22)18-9-16(13(2)8-14(18)3)12-32-21-7-6-17(27)10-20(21)26/h6-10,23H,5,12,29H2,1-4H3/t23-/m1/s1. The molecule has 0 amide bonds. The van der Waals surface area contributed by atoms with Gasteiger partial charge in [0.15, 0.2) is 0 Å². The van der Waals surface area contributed by atoms with Gasteiger partial charge in [0.1, 0.15) is 35.6 Å². The molecule has 8 heteroatoms. The highest BCUT2D eigenvalue weighted by atomic mass is 35.5. The maximum absolute atomic E-state index is 13.3. The third-order valence-electron chi connectivity index (χ3n) is 5.41. The molecule has 0 aromatic heterocycles. The molecule has 0 fully saturated rings. The van der Waals surface area contributed by atoms with E-state index < -0.39 is 17.7 Å². The second kappa shape index (κ2) is 9.97. The van der Waals surface area contributed by atoms with Crippen LogP contribution in [0.2, 0.25) is 5.02 Å². The van der Waals surface area contributed by atoms with Gasteiger partial charge in [-0.25, -0.2) is 9.18 Å². The molecule has 3 rings (SSSR count). The minimum Gasteiger partial charge on any atom is -0.487 e. The van der Waals surface area contributed by atoms with Crippen molar-refractivity contribution in [2.24, 2.45) is 5.73 Å². The van der Waals surface area contributed by atoms with Gasteiger partial charge in [-0.2, -0.15) is 5.26 Å². The van der Waals surface area contributed by atoms with E-state index in [0.29, 0.717) is 11.3 Å². The van der Waals surface area contributed by atoms with Crippen molar-refractivity contribution in [3.63, 3.8) is 0 Å². The molecule has 0 radical (unpaired) electrons. The lowest BCUT2D eigenvalue weighted by Crippen LogP contribution is -2.26. The summed E-state index contributed by atoms with van der Waals surface area (Å²) in [5.41, 5.74) is 9.67. The van der Waals surface area contributed by atoms with Crippen LogP contribution in [0, 0.1) is 31.0 Å². The predicted octanol–water partition coefficient (Wildman–Crippen LogP) is 5.32. The van der Waals surface area contributed by atoms with Gasteiger partial charge in [-0.1, -0.05) is 23.7 Å². The van der Waals surface area contributed by atoms with Crippen molar-refractivity contribution in [2.75, 3.05) is 6.61 Å². The first-order chi connectivity index (χ1) is 15.7. The van der Waals surface area contributed by atoms with Crippen molar-refractivity contribution >= 4 is 17.6 Å². The highest BCUT2D eigenvalue weighted by Crippen LogP contribution is 2.41. The average Bonchev–Trinajstić information content (AvgIpc) is 2.74. The molecule has 0 unspecified atom stereocenters. The number of nitriles is 1. The summed E-state index contributed by atoms with van der Waals surface area (Å²) >= 11 is 6.08. The van der Waals surface area contributed by atoms with E-state index in [1.54, 1.807) is 13.8 Å². The van der Waals surface area contributed by atoms with Crippen LogP contribution < -0.4 is 10.5 Å². The van der Waals surface area contributed by atoms with Gasteiger partial charge in [0, 0.05) is 0 Å². The Labute approximate surface area is 197 Å². The van der Waals surface area contributed by atoms with Gasteiger partial charge in [-0.15, -0.1) is 0 Å². The summed E-state index contributed by atoms with van der Waals surface area (Å²) < 4.78 is 29.9. The van der Waals surface area contributed by atoms with Gasteiger partial charge in [-0.05, 0) is 68.1 Å². The number of ether oxygens (including phenoxy) is 3. The van der Waals surface area contributed by atoms with E-state index in [1.165, 1.54) is 18.2 Å². The van der Waals surface area contributed by atoms with Gasteiger partial charge in [0.25, 0.3) is 0 Å². The van der Waals surface area contributed by atoms with Gasteiger partial charge >= 0.3 is 5.97 Å². The van der Waals surface area contributed by atoms with Crippen molar-refractivity contribution in [2.45, 2.75) is 40.2 Å². The van der Waals surface area contributed by atoms with Gasteiger partial charge in [0.05, 0.1) is 23.1 Å². The first-order valence-corrected chi connectivity index (χ1v) is 10.7. The third-order valence-corrected chi connectivity index (χ3v) is 5.71. The minimum atomic E-state index is -0.753. The smallest absolute Gasteiger partial charge is 0.338 e. The van der Waals surface area contributed by atoms with Crippen LogP contribution in [-0.2, 0) is 20.9 Å². The van der Waals surface area contributed by atoms with Crippen LogP contribution >= 0.6 is 11.6 Å². The van der Waals surface area contributed by atoms with E-state index in [4.69, 9.17) is 31.5 Å². The lowest BCUT2D eigenvalue weighted by molar-refractivity contribution is -0.139. The third kappa shape index (κ3) is 4.96. The van der Waals surface area contributed by atoms with Crippen LogP contribution in [0.15, 0.2) is 53.1 Å². The molecule has 2 aromatic carbocycles. The molecule has 1 aliphatic rings. The zero-order valence-electron chi connectivity index (χ0n) is 18.8. The number of carbonyl (C=O) groups is 1. The van der Waals surface area contributed by atoms with E-state index in [1.807, 2.05) is 26.0 Å². The lowest BCUT2D eigenvalue weighted by atomic mass is 9.80. The van der Waals surface area contributed by atoms with Crippen molar-refractivity contribution < 1.29 is 23.4 Å². The van der Waals surface area contributed by atoms with Crippen molar-refractivity contribution in [1.82, 2.24) is 0 Å². The molecule has 0 saturated heterocycles. The van der Waals surface area contributed by atoms with Crippen LogP contribution in [0.1, 0.15) is 42.0 Å². The summed E-state index contributed by atoms with van der Waals surface area (Å²) in [6, 6.07) is 9.81. The van der Waals surface area contributed by atoms with E-state index in [9.17, 15) is 14.4 Å². The Balaban J connectivity index is 2.06. The van der Waals surface area contributed by atoms with Gasteiger partial charge in [0.2, 0.25) is 5.88 Å². The Kier molecular flexibility index (Phi) is 7.29. The zero-order chi connectivity index (χ0) is 24.3. The Hall–Kier alpha value is -3.50. The van der Waals surface area contributed by atoms with E-state index >= 15 is 0 Å². The van der Waals surface area contributed by atoms with Crippen LogP contribution in [-0.4, -0.2) is 12.6 Å². The number of esters is 1. The normalized spacial score (nSPS) is 15.7. The molecule has 1 aliphatic heterocycles. The second-order valence-corrected chi connectivity index (χ2v) is 8.02. The van der Waals surface area contributed by atoms with Crippen molar-refractivity contribution in [3.05, 3.63) is 86.2 Å². The number of rotatable bonds is 6. The maximum Gasteiger partial charge on any atom is 0.338 e. The van der Waals surface area contributed by atoms with Gasteiger partial charge < -0.3 is 19.9 Å². The monoisotopic (exact) mass is 470 g/mol. The molecule has 2 N–H and O–H groups in total. The highest BCUT2D eigenvalue weighted by molar-refractivity contribution is 6.32. The van der Waals surface area contributed by atoms with Gasteiger partial charge in [-0.3, -0.25) is 0 Å². The van der Waals surface area contributed by atoms with Crippen LogP contribution in [0.4, 0.5) is 4.39 Å². The molecule has 1 heterocycles. The molecule has 172 valence electrons. The molecule has 2 aromatic rings. The first-order valence-electron chi connectivity index (χ1n) is 10.3. The number of aryl methyl sites for hydroxylation is 2. The number of hydrogen-bond donors (Lipinski definition) is 1. The number of allylic oxidation sites excluding steroid dienone is 2. The highest BCUT2D eigenvalue weighted by Gasteiger charge is 2.37. The van der Waals surface area contributed by atoms with Crippen molar-refractivity contribution in [1.29, 1.82) is 5.26 Å². The molecule has 0 spiro atoms. The Morgan fingerprint density at radius 2 is 1.97 bits per heavy atom. The number of hydrogen-bond acceptors (Lipinski definition) is 6. The average molecular weight is 471 g/mol. The summed E-state index contributed by atoms with van der Waals surface area (Å²) in [4.78, 5) is 12.8. The first kappa shape index (κ1) is 24.1. The molecule has 6 nitrogen and oxygen atoms in total. The SMILES string of the molecule is CCOC(=O)C1=C(C)OC(N)=C(C#N)[C@H]1c1cc(COc2ccc(F)cc2Cl)c(C)cc1C. The number of nitrogens with zero attached hydrogens (tertiary/aromatic N) is 1. The number of carbonyl (C=O) groups excluding carboxylic acids is 1. The molecule has 33 heavy (non-hydrogen) atoms. The quantitative estimate of drug-likeness (QED) is 0.574. The predicted molar refractivity (Wildman–Crippen MR) is 122 cm³/mol. The second-order valence-electron chi connectivity index (χ2n) is 7.61. The zero-order valence-corrected chi connectivity index (χ0v) is 19.5. The summed E-state index contributed by atoms with van der Waals surface area (Å²) in [5, 5.41) is 9.98. The Bertz CT molecular complexity index is 1210. The van der Waals surface area contributed by atoms with E-state index in [0.717, 1.165) is 16.7 Å². The van der Waals surface area contributed by atoms with E-state index in [-0.39, 0.29) is 41.0 Å². The fraction of sp³-hybridized carbons (Fsp3) is 0.280. The van der Waals surface area contributed by atoms with Crippen molar-refractivity contribution in [3.8, 4) is 11.8 Å². The fourth-order valence-corrected chi connectivity index (χ4v) is 4.02. The molecule has 1 atom stereocenters. The number of nitrogens with two attached hydrogens (primary N) is 1. The summed E-state index contributed by atoms with van der Waals surface area (Å²) in [6.07, 6.45) is 0. The maximum atomic E-state index is 13.3. The minimum absolute atomic E-state index is 0.0519. The molecule has 0 saturated carbocycles. The van der Waals surface area contributed by atoms with Crippen LogP contribution in [0.3, 0.4) is 0 Å². The number of halogens is 2. The lowest BCUT2D eigenvalue weighted by Gasteiger charge is -2.28. The molecule has 0 bridgehead atoms. The fourth-order valence-electron chi connectivity index (χ4n) is 3.80. The topological polar surface area (TPSA) is 94.6 Å². The number of benzene rings is 2.